The van der Waals surface area contributed by atoms with Crippen LogP contribution in [0.2, 0.25) is 6.82 Å². The zero-order valence-corrected chi connectivity index (χ0v) is 16.9. The van der Waals surface area contributed by atoms with E-state index in [4.69, 9.17) is 4.98 Å². The number of aromatic hydroxyl groups is 1. The zero-order chi connectivity index (χ0) is 20.7. The maximum atomic E-state index is 9.71. The van der Waals surface area contributed by atoms with Crippen LogP contribution in [0.25, 0.3) is 27.8 Å². The molecule has 1 aliphatic heterocycles. The summed E-state index contributed by atoms with van der Waals surface area (Å²) in [6.07, 6.45) is 3.71. The summed E-state index contributed by atoms with van der Waals surface area (Å²) in [4.78, 5) is 11.8. The summed E-state index contributed by atoms with van der Waals surface area (Å²) in [5.41, 5.74) is 3.74. The number of imidazole rings is 1. The predicted octanol–water partition coefficient (Wildman–Crippen LogP) is 2.95. The first kappa shape index (κ1) is 18.9. The van der Waals surface area contributed by atoms with Crippen LogP contribution in [0.15, 0.2) is 54.9 Å². The smallest absolute Gasteiger partial charge is 0.373 e. The van der Waals surface area contributed by atoms with Crippen molar-refractivity contribution in [2.45, 2.75) is 25.7 Å². The minimum absolute atomic E-state index is 0.204. The van der Waals surface area contributed by atoms with Gasteiger partial charge in [0.2, 0.25) is 0 Å². The second-order valence-electron chi connectivity index (χ2n) is 7.91. The standard InChI is InChI=1S/C22H24BN5O2/c1-23(30)26-16-9-11-27(12-10-16)20-4-2-3-15-5-8-21(25-22(15)20)28-14-24-18-13-17(29)6-7-19(18)28/h2-8,13-14,16,26,29-30H,9-12H2,1H3. The Morgan fingerprint density at radius 3 is 2.73 bits per heavy atom. The molecule has 0 bridgehead atoms. The van der Waals surface area contributed by atoms with Gasteiger partial charge in [-0.2, -0.15) is 0 Å². The molecular weight excluding hydrogens is 377 g/mol. The van der Waals surface area contributed by atoms with Crippen LogP contribution in [0.3, 0.4) is 0 Å². The van der Waals surface area contributed by atoms with Crippen molar-refractivity contribution in [3.8, 4) is 11.6 Å². The average molecular weight is 401 g/mol. The second kappa shape index (κ2) is 7.62. The van der Waals surface area contributed by atoms with Crippen molar-refractivity contribution in [2.24, 2.45) is 0 Å². The normalized spacial score (nSPS) is 15.2. The number of pyridine rings is 1. The second-order valence-corrected chi connectivity index (χ2v) is 7.91. The van der Waals surface area contributed by atoms with E-state index in [0.29, 0.717) is 6.04 Å². The summed E-state index contributed by atoms with van der Waals surface area (Å²) < 4.78 is 1.95. The first-order valence-corrected chi connectivity index (χ1v) is 10.3. The summed E-state index contributed by atoms with van der Waals surface area (Å²) in [7, 11) is -0.477. The zero-order valence-electron chi connectivity index (χ0n) is 16.9. The number of aromatic nitrogens is 3. The van der Waals surface area contributed by atoms with Crippen molar-refractivity contribution in [3.05, 3.63) is 54.9 Å². The molecule has 0 saturated carbocycles. The number of fused-ring (bicyclic) bond motifs is 2. The Bertz CT molecular complexity index is 1200. The van der Waals surface area contributed by atoms with E-state index in [-0.39, 0.29) is 5.75 Å². The molecule has 3 heterocycles. The topological polar surface area (TPSA) is 86.4 Å². The van der Waals surface area contributed by atoms with Crippen LogP contribution in [0.4, 0.5) is 5.69 Å². The lowest BCUT2D eigenvalue weighted by Gasteiger charge is -2.34. The molecule has 2 aromatic carbocycles. The number of piperidine rings is 1. The maximum Gasteiger partial charge on any atom is 0.373 e. The predicted molar refractivity (Wildman–Crippen MR) is 120 cm³/mol. The van der Waals surface area contributed by atoms with Gasteiger partial charge in [-0.25, -0.2) is 9.97 Å². The van der Waals surface area contributed by atoms with Crippen LogP contribution >= 0.6 is 0 Å². The van der Waals surface area contributed by atoms with Crippen LogP contribution < -0.4 is 10.1 Å². The van der Waals surface area contributed by atoms with Gasteiger partial charge in [0.05, 0.1) is 22.2 Å². The Balaban J connectivity index is 1.50. The van der Waals surface area contributed by atoms with Crippen LogP contribution in [-0.4, -0.2) is 50.8 Å². The lowest BCUT2D eigenvalue weighted by Crippen LogP contribution is -2.47. The van der Waals surface area contributed by atoms with E-state index in [2.05, 4.69) is 39.4 Å². The summed E-state index contributed by atoms with van der Waals surface area (Å²) in [6.45, 7) is 3.61. The molecule has 0 unspecified atom stereocenters. The molecule has 2 aromatic heterocycles. The molecule has 3 N–H and O–H groups in total. The maximum absolute atomic E-state index is 9.71. The highest BCUT2D eigenvalue weighted by atomic mass is 16.3. The van der Waals surface area contributed by atoms with Crippen molar-refractivity contribution in [1.82, 2.24) is 19.8 Å². The number of nitrogens with one attached hydrogen (secondary N) is 1. The first-order valence-electron chi connectivity index (χ1n) is 10.3. The molecule has 1 aliphatic rings. The van der Waals surface area contributed by atoms with Gasteiger partial charge in [0.25, 0.3) is 0 Å². The number of anilines is 1. The molecule has 0 spiro atoms. The van der Waals surface area contributed by atoms with Gasteiger partial charge >= 0.3 is 7.05 Å². The Morgan fingerprint density at radius 2 is 1.93 bits per heavy atom. The largest absolute Gasteiger partial charge is 0.508 e. The minimum Gasteiger partial charge on any atom is -0.508 e. The van der Waals surface area contributed by atoms with Crippen LogP contribution in [0.1, 0.15) is 12.8 Å². The number of phenols is 1. The summed E-state index contributed by atoms with van der Waals surface area (Å²) in [5.74, 6) is 1.00. The molecular formula is C22H24BN5O2. The summed E-state index contributed by atoms with van der Waals surface area (Å²) >= 11 is 0. The third-order valence-corrected chi connectivity index (χ3v) is 5.77. The Morgan fingerprint density at radius 1 is 1.10 bits per heavy atom. The van der Waals surface area contributed by atoms with E-state index in [1.165, 1.54) is 0 Å². The van der Waals surface area contributed by atoms with E-state index in [1.807, 2.05) is 16.7 Å². The van der Waals surface area contributed by atoms with Gasteiger partial charge in [0.1, 0.15) is 17.9 Å². The van der Waals surface area contributed by atoms with Gasteiger partial charge in [-0.15, -0.1) is 0 Å². The average Bonchev–Trinajstić information content (AvgIpc) is 3.16. The van der Waals surface area contributed by atoms with Crippen molar-refractivity contribution in [1.29, 1.82) is 0 Å². The third kappa shape index (κ3) is 3.48. The lowest BCUT2D eigenvalue weighted by atomic mass is 9.85. The fraction of sp³-hybridized carbons (Fsp3) is 0.273. The Kier molecular flexibility index (Phi) is 4.80. The van der Waals surface area contributed by atoms with Gasteiger partial charge in [-0.3, -0.25) is 4.57 Å². The van der Waals surface area contributed by atoms with Gasteiger partial charge in [-0.1, -0.05) is 12.1 Å². The molecule has 0 atom stereocenters. The van der Waals surface area contributed by atoms with Crippen LogP contribution in [0.5, 0.6) is 5.75 Å². The van der Waals surface area contributed by atoms with E-state index >= 15 is 0 Å². The van der Waals surface area contributed by atoms with Crippen LogP contribution in [0, 0.1) is 0 Å². The molecule has 4 aromatic rings. The van der Waals surface area contributed by atoms with Crippen molar-refractivity contribution < 1.29 is 10.1 Å². The quantitative estimate of drug-likeness (QED) is 0.456. The highest BCUT2D eigenvalue weighted by Crippen LogP contribution is 2.29. The van der Waals surface area contributed by atoms with Gasteiger partial charge in [0, 0.05) is 30.6 Å². The van der Waals surface area contributed by atoms with E-state index < -0.39 is 7.05 Å². The number of rotatable bonds is 4. The molecule has 152 valence electrons. The fourth-order valence-corrected chi connectivity index (χ4v) is 4.32. The SMILES string of the molecule is CB(O)NC1CCN(c2cccc3ccc(-n4cnc5cc(O)ccc54)nc23)CC1. The van der Waals surface area contributed by atoms with Crippen molar-refractivity contribution in [3.63, 3.8) is 0 Å². The van der Waals surface area contributed by atoms with Gasteiger partial charge in [0.15, 0.2) is 0 Å². The molecule has 5 rings (SSSR count). The fourth-order valence-electron chi connectivity index (χ4n) is 4.32. The number of benzene rings is 2. The van der Waals surface area contributed by atoms with Crippen molar-refractivity contribution >= 4 is 34.7 Å². The summed E-state index contributed by atoms with van der Waals surface area (Å²) in [6, 6.07) is 15.9. The molecule has 0 amide bonds. The molecule has 30 heavy (non-hydrogen) atoms. The number of para-hydroxylation sites is 1. The van der Waals surface area contributed by atoms with E-state index in [9.17, 15) is 10.1 Å². The number of phenolic OH excluding ortho intramolecular Hbond substituents is 1. The Hall–Kier alpha value is -3.10. The summed E-state index contributed by atoms with van der Waals surface area (Å²) in [5, 5.41) is 23.6. The minimum atomic E-state index is -0.477. The van der Waals surface area contributed by atoms with E-state index in [0.717, 1.165) is 59.4 Å². The highest BCUT2D eigenvalue weighted by molar-refractivity contribution is 6.45. The first-order chi connectivity index (χ1) is 14.6. The van der Waals surface area contributed by atoms with Gasteiger partial charge in [-0.05, 0) is 50.0 Å². The van der Waals surface area contributed by atoms with E-state index in [1.54, 1.807) is 25.3 Å². The highest BCUT2D eigenvalue weighted by Gasteiger charge is 2.22. The monoisotopic (exact) mass is 401 g/mol. The van der Waals surface area contributed by atoms with Gasteiger partial charge < -0.3 is 20.3 Å². The molecule has 7 nitrogen and oxygen atoms in total. The number of hydrogen-bond donors (Lipinski definition) is 3. The van der Waals surface area contributed by atoms with Crippen molar-refractivity contribution in [2.75, 3.05) is 18.0 Å². The lowest BCUT2D eigenvalue weighted by molar-refractivity contribution is 0.441. The third-order valence-electron chi connectivity index (χ3n) is 5.77. The molecule has 1 fully saturated rings. The molecule has 0 radical (unpaired) electrons. The number of hydrogen-bond acceptors (Lipinski definition) is 6. The molecule has 0 aliphatic carbocycles. The molecule has 8 heteroatoms. The Labute approximate surface area is 175 Å². The molecule has 1 saturated heterocycles. The number of nitrogens with zero attached hydrogens (tertiary/aromatic N) is 4. The van der Waals surface area contributed by atoms with Crippen LogP contribution in [-0.2, 0) is 0 Å².